The topological polar surface area (TPSA) is 92.4 Å². The van der Waals surface area contributed by atoms with Crippen LogP contribution in [0.25, 0.3) is 0 Å². The first-order valence-corrected chi connectivity index (χ1v) is 7.92. The largest absolute Gasteiger partial charge is 0.431 e. The summed E-state index contributed by atoms with van der Waals surface area (Å²) in [5.41, 5.74) is 6.14. The molecule has 0 saturated carbocycles. The number of allylic oxidation sites excluding steroid dienone is 2. The number of nitrogens with zero attached hydrogens (tertiary/aromatic N) is 2. The number of carbonyl (C=O) groups excluding carboxylic acids is 1. The van der Waals surface area contributed by atoms with Crippen LogP contribution in [0.3, 0.4) is 0 Å². The Morgan fingerprint density at radius 3 is 2.70 bits per heavy atom. The zero-order valence-corrected chi connectivity index (χ0v) is 13.8. The van der Waals surface area contributed by atoms with Crippen LogP contribution in [-0.4, -0.2) is 29.3 Å². The first-order chi connectivity index (χ1) is 12.7. The van der Waals surface area contributed by atoms with Crippen molar-refractivity contribution in [3.05, 3.63) is 65.3 Å². The van der Waals surface area contributed by atoms with Gasteiger partial charge in [-0.2, -0.15) is 17.6 Å². The highest BCUT2D eigenvalue weighted by atomic mass is 19.4. The third-order valence-corrected chi connectivity index (χ3v) is 4.06. The smallest absolute Gasteiger partial charge is 0.397 e. The molecule has 1 atom stereocenters. The van der Waals surface area contributed by atoms with Gasteiger partial charge >= 0.3 is 6.18 Å². The van der Waals surface area contributed by atoms with Crippen molar-refractivity contribution in [1.82, 2.24) is 15.6 Å². The normalized spacial score (nSPS) is 19.9. The summed E-state index contributed by atoms with van der Waals surface area (Å²) in [5.74, 6) is -1.44. The molecular weight excluding hydrogens is 366 g/mol. The van der Waals surface area contributed by atoms with Crippen LogP contribution in [0, 0.1) is 5.95 Å². The molecule has 4 N–H and O–H groups in total. The van der Waals surface area contributed by atoms with E-state index in [1.165, 1.54) is 12.3 Å². The van der Waals surface area contributed by atoms with Crippen LogP contribution < -0.4 is 16.4 Å². The molecule has 142 valence electrons. The molecule has 3 rings (SSSR count). The van der Waals surface area contributed by atoms with Crippen molar-refractivity contribution in [3.8, 4) is 0 Å². The number of aromatic nitrogens is 1. The molecular formula is C17H15F4N5O. The molecule has 1 aliphatic heterocycles. The van der Waals surface area contributed by atoms with Crippen molar-refractivity contribution in [1.29, 1.82) is 0 Å². The molecule has 1 aromatic rings. The van der Waals surface area contributed by atoms with Gasteiger partial charge in [-0.25, -0.2) is 4.98 Å². The molecule has 0 fully saturated rings. The van der Waals surface area contributed by atoms with Gasteiger partial charge in [0, 0.05) is 12.1 Å². The molecule has 10 heteroatoms. The Labute approximate surface area is 151 Å². The van der Waals surface area contributed by atoms with Gasteiger partial charge < -0.3 is 16.4 Å². The number of pyridine rings is 1. The molecule has 0 radical (unpaired) electrons. The summed E-state index contributed by atoms with van der Waals surface area (Å²) >= 11 is 0. The lowest BCUT2D eigenvalue weighted by Gasteiger charge is -2.22. The molecule has 0 aromatic carbocycles. The fourth-order valence-electron chi connectivity index (χ4n) is 2.60. The van der Waals surface area contributed by atoms with Gasteiger partial charge in [0.25, 0.3) is 5.91 Å². The van der Waals surface area contributed by atoms with Crippen LogP contribution in [-0.2, 0) is 4.79 Å². The van der Waals surface area contributed by atoms with Gasteiger partial charge in [0.2, 0.25) is 5.95 Å². The minimum Gasteiger partial charge on any atom is -0.397 e. The van der Waals surface area contributed by atoms with Crippen molar-refractivity contribution in [2.24, 2.45) is 10.7 Å². The number of hydrogen-bond donors (Lipinski definition) is 3. The van der Waals surface area contributed by atoms with E-state index < -0.39 is 30.3 Å². The van der Waals surface area contributed by atoms with E-state index in [1.807, 2.05) is 0 Å². The van der Waals surface area contributed by atoms with Gasteiger partial charge in [-0.05, 0) is 18.1 Å². The molecule has 1 aromatic heterocycles. The number of nitrogens with one attached hydrogen (secondary N) is 2. The van der Waals surface area contributed by atoms with Gasteiger partial charge in [-0.15, -0.1) is 0 Å². The Kier molecular flexibility index (Phi) is 4.98. The van der Waals surface area contributed by atoms with Crippen LogP contribution in [0.1, 0.15) is 17.9 Å². The van der Waals surface area contributed by atoms with Gasteiger partial charge in [-0.1, -0.05) is 18.2 Å². The summed E-state index contributed by atoms with van der Waals surface area (Å²) in [7, 11) is 0. The highest BCUT2D eigenvalue weighted by Gasteiger charge is 2.36. The second-order valence-corrected chi connectivity index (χ2v) is 5.92. The fraction of sp³-hybridized carbons (Fsp3) is 0.235. The quantitative estimate of drug-likeness (QED) is 0.552. The summed E-state index contributed by atoms with van der Waals surface area (Å²) in [6.45, 7) is -0.600. The molecule has 27 heavy (non-hydrogen) atoms. The van der Waals surface area contributed by atoms with Crippen LogP contribution in [0.4, 0.5) is 17.6 Å². The van der Waals surface area contributed by atoms with E-state index in [-0.39, 0.29) is 11.6 Å². The summed E-state index contributed by atoms with van der Waals surface area (Å²) in [5, 5.41) is 4.94. The van der Waals surface area contributed by atoms with Gasteiger partial charge in [-0.3, -0.25) is 9.79 Å². The highest BCUT2D eigenvalue weighted by Crippen LogP contribution is 2.28. The first-order valence-electron chi connectivity index (χ1n) is 7.92. The molecule has 2 heterocycles. The van der Waals surface area contributed by atoms with Crippen molar-refractivity contribution >= 4 is 11.6 Å². The Morgan fingerprint density at radius 1 is 1.33 bits per heavy atom. The third kappa shape index (κ3) is 4.33. The number of amides is 1. The van der Waals surface area contributed by atoms with Gasteiger partial charge in [0.1, 0.15) is 11.4 Å². The maximum atomic E-state index is 13.0. The number of carbonyl (C=O) groups is 1. The van der Waals surface area contributed by atoms with E-state index in [0.29, 0.717) is 17.8 Å². The number of alkyl halides is 3. The van der Waals surface area contributed by atoms with E-state index in [2.05, 4.69) is 20.6 Å². The summed E-state index contributed by atoms with van der Waals surface area (Å²) in [6, 6.07) is 2.81. The van der Waals surface area contributed by atoms with Crippen molar-refractivity contribution in [2.75, 3.05) is 6.54 Å². The second-order valence-electron chi connectivity index (χ2n) is 5.92. The van der Waals surface area contributed by atoms with E-state index in [1.54, 1.807) is 18.2 Å². The minimum absolute atomic E-state index is 0.109. The maximum absolute atomic E-state index is 13.0. The Bertz CT molecular complexity index is 868. The summed E-state index contributed by atoms with van der Waals surface area (Å²) in [6.07, 6.45) is 1.60. The summed E-state index contributed by atoms with van der Waals surface area (Å²) in [4.78, 5) is 19.2. The molecule has 0 bridgehead atoms. The second kappa shape index (κ2) is 7.22. The lowest BCUT2D eigenvalue weighted by molar-refractivity contribution is -0.117. The maximum Gasteiger partial charge on any atom is 0.431 e. The predicted octanol–water partition coefficient (Wildman–Crippen LogP) is 2.00. The van der Waals surface area contributed by atoms with Crippen LogP contribution in [0.2, 0.25) is 0 Å². The third-order valence-electron chi connectivity index (χ3n) is 4.06. The standard InChI is InChI=1S/C17H15F4N5O/c18-15-4-2-10(6-25-15)9-1-3-11(22)12(5-9)26-16(27)13-7-24-14(8-23-13)17(19,20)21/h2-7,9,23H,1,8,22H2,(H,26,27). The molecule has 0 spiro atoms. The average molecular weight is 381 g/mol. The number of hydrogen-bond acceptors (Lipinski definition) is 5. The molecule has 1 unspecified atom stereocenters. The minimum atomic E-state index is -4.55. The lowest BCUT2D eigenvalue weighted by Crippen LogP contribution is -2.41. The SMILES string of the molecule is NC1=CCC(c2ccc(F)nc2)C=C1NC(=O)C1=CN=C(C(F)(F)F)CN1. The number of nitrogens with two attached hydrogens (primary N) is 1. The Morgan fingerprint density at radius 2 is 2.11 bits per heavy atom. The zero-order valence-electron chi connectivity index (χ0n) is 13.8. The van der Waals surface area contributed by atoms with Crippen molar-refractivity contribution < 1.29 is 22.4 Å². The Hall–Kier alpha value is -3.17. The molecule has 1 aliphatic carbocycles. The van der Waals surface area contributed by atoms with Gasteiger partial charge in [0.05, 0.1) is 24.1 Å². The van der Waals surface area contributed by atoms with Crippen LogP contribution in [0.5, 0.6) is 0 Å². The predicted molar refractivity (Wildman–Crippen MR) is 89.6 cm³/mol. The van der Waals surface area contributed by atoms with Crippen LogP contribution in [0.15, 0.2) is 58.8 Å². The molecule has 6 nitrogen and oxygen atoms in total. The molecule has 2 aliphatic rings. The fourth-order valence-corrected chi connectivity index (χ4v) is 2.60. The number of aliphatic imine (C=N–C) groups is 1. The van der Waals surface area contributed by atoms with E-state index in [4.69, 9.17) is 5.73 Å². The van der Waals surface area contributed by atoms with E-state index in [0.717, 1.165) is 11.8 Å². The number of halogens is 4. The zero-order chi connectivity index (χ0) is 19.6. The average Bonchev–Trinajstić information content (AvgIpc) is 2.63. The Balaban J connectivity index is 1.74. The van der Waals surface area contributed by atoms with E-state index in [9.17, 15) is 22.4 Å². The molecule has 0 saturated heterocycles. The monoisotopic (exact) mass is 381 g/mol. The first kappa shape index (κ1) is 18.6. The number of rotatable bonds is 3. The van der Waals surface area contributed by atoms with Crippen molar-refractivity contribution in [2.45, 2.75) is 18.5 Å². The van der Waals surface area contributed by atoms with Gasteiger partial charge in [0.15, 0.2) is 0 Å². The van der Waals surface area contributed by atoms with Crippen LogP contribution >= 0.6 is 0 Å². The highest BCUT2D eigenvalue weighted by molar-refractivity contribution is 5.99. The van der Waals surface area contributed by atoms with E-state index >= 15 is 0 Å². The lowest BCUT2D eigenvalue weighted by atomic mass is 9.91. The van der Waals surface area contributed by atoms with Crippen molar-refractivity contribution in [3.63, 3.8) is 0 Å². The molecule has 1 amide bonds. The summed E-state index contributed by atoms with van der Waals surface area (Å²) < 4.78 is 50.6.